The Kier molecular flexibility index (Phi) is 5.12. The number of amides is 1. The maximum Gasteiger partial charge on any atom is 0.261 e. The molecule has 0 saturated carbocycles. The number of rotatable bonds is 4. The van der Waals surface area contributed by atoms with Crippen LogP contribution in [0.1, 0.15) is 46.4 Å². The number of aryl methyl sites for hydroxylation is 2. The number of benzene rings is 1. The number of carbonyl (C=O) groups is 1. The second kappa shape index (κ2) is 7.69. The summed E-state index contributed by atoms with van der Waals surface area (Å²) >= 11 is 0. The van der Waals surface area contributed by atoms with Gasteiger partial charge in [-0.05, 0) is 61.6 Å². The van der Waals surface area contributed by atoms with Gasteiger partial charge in [-0.25, -0.2) is 0 Å². The lowest BCUT2D eigenvalue weighted by atomic mass is 9.87. The van der Waals surface area contributed by atoms with Gasteiger partial charge >= 0.3 is 0 Å². The van der Waals surface area contributed by atoms with Crippen LogP contribution in [0.25, 0.3) is 0 Å². The SMILES string of the molecule is O=C(c1cc2c([nH]c1=O)CCC2)N1CCC([C@H](O)Cc2ccccc2)CC1. The Bertz CT molecular complexity index is 867. The van der Waals surface area contributed by atoms with Crippen LogP contribution in [0.5, 0.6) is 0 Å². The van der Waals surface area contributed by atoms with Crippen LogP contribution in [-0.2, 0) is 19.3 Å². The molecule has 2 heterocycles. The van der Waals surface area contributed by atoms with Crippen molar-refractivity contribution in [3.05, 3.63) is 69.1 Å². The topological polar surface area (TPSA) is 73.4 Å². The molecule has 142 valence electrons. The number of nitrogens with one attached hydrogen (secondary N) is 1. The molecule has 0 radical (unpaired) electrons. The van der Waals surface area contributed by atoms with E-state index in [9.17, 15) is 14.7 Å². The van der Waals surface area contributed by atoms with Crippen molar-refractivity contribution in [3.8, 4) is 0 Å². The number of nitrogens with zero attached hydrogens (tertiary/aromatic N) is 1. The monoisotopic (exact) mass is 366 g/mol. The van der Waals surface area contributed by atoms with E-state index >= 15 is 0 Å². The summed E-state index contributed by atoms with van der Waals surface area (Å²) in [6.07, 6.45) is 4.64. The van der Waals surface area contributed by atoms with Gasteiger partial charge in [0.15, 0.2) is 0 Å². The lowest BCUT2D eigenvalue weighted by Crippen LogP contribution is -2.43. The number of carbonyl (C=O) groups excluding carboxylic acids is 1. The number of H-pyrrole nitrogens is 1. The van der Waals surface area contributed by atoms with Gasteiger partial charge in [0.2, 0.25) is 0 Å². The number of aromatic nitrogens is 1. The fourth-order valence-corrected chi connectivity index (χ4v) is 4.35. The molecule has 1 saturated heterocycles. The molecule has 5 heteroatoms. The Morgan fingerprint density at radius 3 is 2.67 bits per heavy atom. The maximum atomic E-state index is 12.8. The predicted molar refractivity (Wildman–Crippen MR) is 104 cm³/mol. The van der Waals surface area contributed by atoms with Gasteiger partial charge in [-0.3, -0.25) is 9.59 Å². The van der Waals surface area contributed by atoms with E-state index < -0.39 is 6.10 Å². The van der Waals surface area contributed by atoms with Crippen LogP contribution in [0.2, 0.25) is 0 Å². The molecule has 27 heavy (non-hydrogen) atoms. The van der Waals surface area contributed by atoms with Gasteiger partial charge in [-0.1, -0.05) is 30.3 Å². The zero-order valence-electron chi connectivity index (χ0n) is 15.5. The van der Waals surface area contributed by atoms with Gasteiger partial charge in [-0.15, -0.1) is 0 Å². The number of aromatic amines is 1. The van der Waals surface area contributed by atoms with Crippen molar-refractivity contribution in [2.75, 3.05) is 13.1 Å². The van der Waals surface area contributed by atoms with Crippen molar-refractivity contribution >= 4 is 5.91 Å². The minimum atomic E-state index is -0.395. The average Bonchev–Trinajstić information content (AvgIpc) is 3.15. The molecule has 0 bridgehead atoms. The molecule has 1 aromatic heterocycles. The highest BCUT2D eigenvalue weighted by Gasteiger charge is 2.29. The van der Waals surface area contributed by atoms with Crippen LogP contribution >= 0.6 is 0 Å². The maximum absolute atomic E-state index is 12.8. The summed E-state index contributed by atoms with van der Waals surface area (Å²) in [6, 6.07) is 11.8. The van der Waals surface area contributed by atoms with Crippen molar-refractivity contribution in [3.63, 3.8) is 0 Å². The first-order valence-corrected chi connectivity index (χ1v) is 9.88. The first-order valence-electron chi connectivity index (χ1n) is 9.88. The van der Waals surface area contributed by atoms with E-state index in [4.69, 9.17) is 0 Å². The first kappa shape index (κ1) is 18.0. The predicted octanol–water partition coefficient (Wildman–Crippen LogP) is 2.32. The Labute approximate surface area is 159 Å². The van der Waals surface area contributed by atoms with E-state index in [0.29, 0.717) is 19.5 Å². The average molecular weight is 366 g/mol. The fraction of sp³-hybridized carbons (Fsp3) is 0.455. The van der Waals surface area contributed by atoms with Crippen LogP contribution in [0.15, 0.2) is 41.2 Å². The van der Waals surface area contributed by atoms with E-state index in [1.807, 2.05) is 30.3 Å². The zero-order chi connectivity index (χ0) is 18.8. The molecule has 1 aliphatic carbocycles. The summed E-state index contributed by atoms with van der Waals surface area (Å²) < 4.78 is 0. The molecule has 1 amide bonds. The van der Waals surface area contributed by atoms with Gasteiger partial charge in [0.25, 0.3) is 11.5 Å². The van der Waals surface area contributed by atoms with Crippen molar-refractivity contribution in [1.29, 1.82) is 0 Å². The van der Waals surface area contributed by atoms with E-state index in [2.05, 4.69) is 4.98 Å². The number of hydrogen-bond donors (Lipinski definition) is 2. The lowest BCUT2D eigenvalue weighted by Gasteiger charge is -2.34. The van der Waals surface area contributed by atoms with Crippen molar-refractivity contribution in [1.82, 2.24) is 9.88 Å². The fourth-order valence-electron chi connectivity index (χ4n) is 4.35. The third-order valence-corrected chi connectivity index (χ3v) is 5.98. The summed E-state index contributed by atoms with van der Waals surface area (Å²) in [5.41, 5.74) is 3.21. The molecule has 1 aromatic carbocycles. The smallest absolute Gasteiger partial charge is 0.261 e. The standard InChI is InChI=1S/C22H26N2O3/c25-20(13-15-5-2-1-3-6-15)16-9-11-24(12-10-16)22(27)18-14-17-7-4-8-19(17)23-21(18)26/h1-3,5-6,14,16,20,25H,4,7-13H2,(H,23,26)/t20-/m1/s1. The van der Waals surface area contributed by atoms with Gasteiger partial charge in [0.05, 0.1) is 6.10 Å². The minimum Gasteiger partial charge on any atom is -0.392 e. The summed E-state index contributed by atoms with van der Waals surface area (Å²) in [5.74, 6) is 0.00881. The number of likely N-dealkylation sites (tertiary alicyclic amines) is 1. The molecular weight excluding hydrogens is 340 g/mol. The second-order valence-corrected chi connectivity index (χ2v) is 7.76. The lowest BCUT2D eigenvalue weighted by molar-refractivity contribution is 0.0466. The quantitative estimate of drug-likeness (QED) is 0.872. The molecule has 2 N–H and O–H groups in total. The van der Waals surface area contributed by atoms with Crippen molar-refractivity contribution < 1.29 is 9.90 Å². The molecule has 2 aromatic rings. The Balaban J connectivity index is 1.38. The third kappa shape index (κ3) is 3.83. The number of piperidine rings is 1. The highest BCUT2D eigenvalue weighted by Crippen LogP contribution is 2.25. The number of aliphatic hydroxyl groups excluding tert-OH is 1. The summed E-state index contributed by atoms with van der Waals surface area (Å²) in [6.45, 7) is 1.18. The van der Waals surface area contributed by atoms with Crippen LogP contribution in [0, 0.1) is 5.92 Å². The van der Waals surface area contributed by atoms with Gasteiger partial charge in [0, 0.05) is 18.8 Å². The second-order valence-electron chi connectivity index (χ2n) is 7.76. The highest BCUT2D eigenvalue weighted by molar-refractivity contribution is 5.94. The molecule has 1 fully saturated rings. The molecule has 0 spiro atoms. The Morgan fingerprint density at radius 1 is 1.19 bits per heavy atom. The van der Waals surface area contributed by atoms with Crippen LogP contribution in [0.4, 0.5) is 0 Å². The largest absolute Gasteiger partial charge is 0.392 e. The first-order chi connectivity index (χ1) is 13.1. The highest BCUT2D eigenvalue weighted by atomic mass is 16.3. The molecule has 5 nitrogen and oxygen atoms in total. The van der Waals surface area contributed by atoms with Gasteiger partial charge < -0.3 is 15.0 Å². The van der Waals surface area contributed by atoms with Crippen LogP contribution in [-0.4, -0.2) is 40.1 Å². The van der Waals surface area contributed by atoms with Crippen LogP contribution in [0.3, 0.4) is 0 Å². The van der Waals surface area contributed by atoms with Gasteiger partial charge in [0.1, 0.15) is 5.56 Å². The van der Waals surface area contributed by atoms with E-state index in [1.54, 1.807) is 11.0 Å². The molecular formula is C22H26N2O3. The van der Waals surface area contributed by atoms with Crippen LogP contribution < -0.4 is 5.56 Å². The van der Waals surface area contributed by atoms with Gasteiger partial charge in [-0.2, -0.15) is 0 Å². The van der Waals surface area contributed by atoms with Crippen molar-refractivity contribution in [2.45, 2.75) is 44.6 Å². The normalized spacial score (nSPS) is 18.3. The zero-order valence-corrected chi connectivity index (χ0v) is 15.5. The Hall–Kier alpha value is -2.40. The summed E-state index contributed by atoms with van der Waals surface area (Å²) in [5, 5.41) is 10.6. The summed E-state index contributed by atoms with van der Waals surface area (Å²) in [7, 11) is 0. The van der Waals surface area contributed by atoms with Crippen molar-refractivity contribution in [2.24, 2.45) is 5.92 Å². The number of fused-ring (bicyclic) bond motifs is 1. The molecule has 2 aliphatic rings. The summed E-state index contributed by atoms with van der Waals surface area (Å²) in [4.78, 5) is 29.8. The number of hydrogen-bond acceptors (Lipinski definition) is 3. The molecule has 1 atom stereocenters. The minimum absolute atomic E-state index is 0.179. The van der Waals surface area contributed by atoms with E-state index in [0.717, 1.165) is 48.9 Å². The third-order valence-electron chi connectivity index (χ3n) is 5.98. The molecule has 0 unspecified atom stereocenters. The number of aliphatic hydroxyl groups is 1. The van der Waals surface area contributed by atoms with E-state index in [1.165, 1.54) is 0 Å². The molecule has 4 rings (SSSR count). The molecule has 1 aliphatic heterocycles. The Morgan fingerprint density at radius 2 is 1.93 bits per heavy atom. The number of pyridine rings is 1. The van der Waals surface area contributed by atoms with E-state index in [-0.39, 0.29) is 22.9 Å².